The molecule has 1 fully saturated rings. The Bertz CT molecular complexity index is 1040. The summed E-state index contributed by atoms with van der Waals surface area (Å²) in [6, 6.07) is 7.98. The highest BCUT2D eigenvalue weighted by atomic mass is 32.1. The molecule has 1 aliphatic heterocycles. The minimum absolute atomic E-state index is 0.169. The van der Waals surface area contributed by atoms with E-state index in [1.54, 1.807) is 0 Å². The predicted octanol–water partition coefficient (Wildman–Crippen LogP) is 3.01. The largest absolute Gasteiger partial charge is 0.350 e. The van der Waals surface area contributed by atoms with E-state index in [9.17, 15) is 9.59 Å². The molecule has 1 unspecified atom stereocenters. The lowest BCUT2D eigenvalue weighted by molar-refractivity contribution is -0.200. The Balaban J connectivity index is 1.54. The van der Waals surface area contributed by atoms with Crippen LogP contribution in [0.2, 0.25) is 0 Å². The molecule has 0 spiro atoms. The van der Waals surface area contributed by atoms with Gasteiger partial charge in [-0.15, -0.1) is 11.3 Å². The van der Waals surface area contributed by atoms with Crippen LogP contribution in [0.25, 0.3) is 21.3 Å². The number of fused-ring (bicyclic) bond motifs is 1. The van der Waals surface area contributed by atoms with E-state index in [0.29, 0.717) is 16.8 Å². The summed E-state index contributed by atoms with van der Waals surface area (Å²) in [4.78, 5) is 35.5. The maximum atomic E-state index is 13.0. The second-order valence-electron chi connectivity index (χ2n) is 6.81. The third kappa shape index (κ3) is 3.99. The normalized spacial score (nSPS) is 17.0. The van der Waals surface area contributed by atoms with Gasteiger partial charge in [0.25, 0.3) is 11.5 Å². The highest BCUT2D eigenvalue weighted by Gasteiger charge is 2.17. The number of nitrogens with one attached hydrogen (secondary N) is 1. The number of benzene rings is 1. The molecule has 0 radical (unpaired) electrons. The lowest BCUT2D eigenvalue weighted by Gasteiger charge is -2.22. The molecule has 1 amide bonds. The molecule has 0 saturated carbocycles. The first-order valence-corrected chi connectivity index (χ1v) is 10.1. The van der Waals surface area contributed by atoms with Gasteiger partial charge in [-0.1, -0.05) is 29.8 Å². The van der Waals surface area contributed by atoms with Crippen LogP contribution in [-0.2, 0) is 20.9 Å². The number of carbonyl (C=O) groups excluding carboxylic acids is 1. The van der Waals surface area contributed by atoms with Crippen molar-refractivity contribution in [1.82, 2.24) is 15.0 Å². The first-order valence-electron chi connectivity index (χ1n) is 9.21. The van der Waals surface area contributed by atoms with E-state index in [1.165, 1.54) is 22.2 Å². The molecule has 28 heavy (non-hydrogen) atoms. The average molecular weight is 399 g/mol. The number of amides is 1. The zero-order chi connectivity index (χ0) is 19.5. The molecule has 3 aromatic rings. The molecule has 146 valence electrons. The van der Waals surface area contributed by atoms with Gasteiger partial charge in [0.05, 0.1) is 11.7 Å². The molecule has 7 nitrogen and oxygen atoms in total. The van der Waals surface area contributed by atoms with Crippen molar-refractivity contribution < 1.29 is 14.4 Å². The Morgan fingerprint density at radius 3 is 2.93 bits per heavy atom. The van der Waals surface area contributed by atoms with E-state index in [0.717, 1.165) is 36.0 Å². The molecule has 4 rings (SSSR count). The first-order chi connectivity index (χ1) is 13.6. The van der Waals surface area contributed by atoms with Gasteiger partial charge in [-0.2, -0.15) is 0 Å². The standard InChI is InChI=1S/C20H21N3O4S/c1-13-5-7-14(8-6-13)15-11-28-19-18(15)20(25)23(12-21-19)10-16(24)22-27-17-4-2-3-9-26-17/h5-8,11-12,17H,2-4,9-10H2,1H3,(H,22,24). The highest BCUT2D eigenvalue weighted by molar-refractivity contribution is 7.17. The van der Waals surface area contributed by atoms with Crippen LogP contribution in [0.5, 0.6) is 0 Å². The first kappa shape index (κ1) is 18.8. The number of hydroxylamine groups is 1. The number of aryl methyl sites for hydroxylation is 1. The summed E-state index contributed by atoms with van der Waals surface area (Å²) < 4.78 is 6.70. The van der Waals surface area contributed by atoms with Gasteiger partial charge in [-0.3, -0.25) is 14.2 Å². The van der Waals surface area contributed by atoms with Gasteiger partial charge in [0.2, 0.25) is 0 Å². The predicted molar refractivity (Wildman–Crippen MR) is 107 cm³/mol. The number of thiophene rings is 1. The lowest BCUT2D eigenvalue weighted by atomic mass is 10.1. The third-order valence-corrected chi connectivity index (χ3v) is 5.57. The van der Waals surface area contributed by atoms with Crippen LogP contribution in [0.15, 0.2) is 40.8 Å². The van der Waals surface area contributed by atoms with Gasteiger partial charge in [0.15, 0.2) is 6.29 Å². The molecule has 2 aromatic heterocycles. The zero-order valence-corrected chi connectivity index (χ0v) is 16.3. The number of carbonyl (C=O) groups is 1. The maximum Gasteiger partial charge on any atom is 0.263 e. The number of nitrogens with zero attached hydrogens (tertiary/aromatic N) is 2. The van der Waals surface area contributed by atoms with E-state index < -0.39 is 12.2 Å². The molecule has 8 heteroatoms. The smallest absolute Gasteiger partial charge is 0.263 e. The quantitative estimate of drug-likeness (QED) is 0.667. The summed E-state index contributed by atoms with van der Waals surface area (Å²) in [6.45, 7) is 2.47. The lowest BCUT2D eigenvalue weighted by Crippen LogP contribution is -2.36. The van der Waals surface area contributed by atoms with E-state index in [-0.39, 0.29) is 12.1 Å². The second-order valence-corrected chi connectivity index (χ2v) is 7.67. The summed E-state index contributed by atoms with van der Waals surface area (Å²) in [5, 5.41) is 2.46. The van der Waals surface area contributed by atoms with Crippen LogP contribution in [-0.4, -0.2) is 28.4 Å². The van der Waals surface area contributed by atoms with Crippen molar-refractivity contribution in [3.8, 4) is 11.1 Å². The van der Waals surface area contributed by atoms with Gasteiger partial charge >= 0.3 is 0 Å². The van der Waals surface area contributed by atoms with Crippen LogP contribution in [0, 0.1) is 6.92 Å². The van der Waals surface area contributed by atoms with Crippen molar-refractivity contribution in [2.45, 2.75) is 39.0 Å². The Morgan fingerprint density at radius 2 is 2.18 bits per heavy atom. The Hall–Kier alpha value is -2.55. The van der Waals surface area contributed by atoms with Crippen molar-refractivity contribution in [3.63, 3.8) is 0 Å². The van der Waals surface area contributed by atoms with Gasteiger partial charge in [0, 0.05) is 24.0 Å². The monoisotopic (exact) mass is 399 g/mol. The summed E-state index contributed by atoms with van der Waals surface area (Å²) >= 11 is 1.42. The molecule has 1 N–H and O–H groups in total. The second kappa shape index (κ2) is 8.22. The molecule has 0 bridgehead atoms. The fourth-order valence-corrected chi connectivity index (χ4v) is 4.05. The van der Waals surface area contributed by atoms with E-state index in [1.807, 2.05) is 36.6 Å². The Kier molecular flexibility index (Phi) is 5.52. The van der Waals surface area contributed by atoms with Crippen LogP contribution < -0.4 is 11.0 Å². The highest BCUT2D eigenvalue weighted by Crippen LogP contribution is 2.30. The van der Waals surface area contributed by atoms with E-state index in [2.05, 4.69) is 10.5 Å². The number of hydrogen-bond donors (Lipinski definition) is 1. The summed E-state index contributed by atoms with van der Waals surface area (Å²) in [5.74, 6) is -0.426. The van der Waals surface area contributed by atoms with Crippen molar-refractivity contribution in [1.29, 1.82) is 0 Å². The number of aromatic nitrogens is 2. The molecule has 3 heterocycles. The molecule has 1 aromatic carbocycles. The summed E-state index contributed by atoms with van der Waals surface area (Å²) in [5.41, 5.74) is 5.07. The van der Waals surface area contributed by atoms with Gasteiger partial charge in [-0.25, -0.2) is 15.3 Å². The fourth-order valence-electron chi connectivity index (χ4n) is 3.15. The van der Waals surface area contributed by atoms with Gasteiger partial charge in [-0.05, 0) is 25.3 Å². The maximum absolute atomic E-state index is 13.0. The number of ether oxygens (including phenoxy) is 1. The number of hydrogen-bond acceptors (Lipinski definition) is 6. The molecular weight excluding hydrogens is 378 g/mol. The Labute approximate surface area is 165 Å². The fraction of sp³-hybridized carbons (Fsp3) is 0.350. The van der Waals surface area contributed by atoms with E-state index in [4.69, 9.17) is 9.57 Å². The summed E-state index contributed by atoms with van der Waals surface area (Å²) in [7, 11) is 0. The van der Waals surface area contributed by atoms with Crippen molar-refractivity contribution >= 4 is 27.5 Å². The topological polar surface area (TPSA) is 82.5 Å². The van der Waals surface area contributed by atoms with Crippen LogP contribution in [0.3, 0.4) is 0 Å². The van der Waals surface area contributed by atoms with Crippen LogP contribution >= 0.6 is 11.3 Å². The van der Waals surface area contributed by atoms with Gasteiger partial charge < -0.3 is 4.74 Å². The van der Waals surface area contributed by atoms with Crippen LogP contribution in [0.4, 0.5) is 0 Å². The van der Waals surface area contributed by atoms with Crippen molar-refractivity contribution in [2.75, 3.05) is 6.61 Å². The van der Waals surface area contributed by atoms with Crippen LogP contribution in [0.1, 0.15) is 24.8 Å². The summed E-state index contributed by atoms with van der Waals surface area (Å²) in [6.07, 6.45) is 3.71. The average Bonchev–Trinajstić information content (AvgIpc) is 3.15. The van der Waals surface area contributed by atoms with Crippen molar-refractivity contribution in [2.24, 2.45) is 0 Å². The minimum atomic E-state index is -0.431. The zero-order valence-electron chi connectivity index (χ0n) is 15.5. The Morgan fingerprint density at radius 1 is 1.36 bits per heavy atom. The van der Waals surface area contributed by atoms with E-state index >= 15 is 0 Å². The molecular formula is C20H21N3O4S. The van der Waals surface area contributed by atoms with Crippen molar-refractivity contribution in [3.05, 3.63) is 51.9 Å². The minimum Gasteiger partial charge on any atom is -0.350 e. The molecule has 0 aliphatic carbocycles. The molecule has 1 saturated heterocycles. The molecule has 1 atom stereocenters. The SMILES string of the molecule is Cc1ccc(-c2csc3ncn(CC(=O)NOC4CCCCO4)c(=O)c23)cc1. The number of rotatable bonds is 5. The third-order valence-electron chi connectivity index (χ3n) is 4.68. The van der Waals surface area contributed by atoms with Gasteiger partial charge in [0.1, 0.15) is 11.4 Å². The molecule has 1 aliphatic rings.